The molecular weight excluding hydrogens is 172 g/mol. The predicted molar refractivity (Wildman–Crippen MR) is 42.7 cm³/mol. The lowest BCUT2D eigenvalue weighted by atomic mass is 9.96. The van der Waals surface area contributed by atoms with Crippen molar-refractivity contribution in [2.75, 3.05) is 0 Å². The molecule has 0 unspecified atom stereocenters. The van der Waals surface area contributed by atoms with Crippen molar-refractivity contribution in [3.63, 3.8) is 0 Å². The Kier molecular flexibility index (Phi) is 1.65. The first-order valence-corrected chi connectivity index (χ1v) is 4.25. The van der Waals surface area contributed by atoms with Crippen LogP contribution in [0.5, 0.6) is 0 Å². The third-order valence-electron chi connectivity index (χ3n) is 2.50. The molecule has 13 heavy (non-hydrogen) atoms. The maximum Gasteiger partial charge on any atom is 0.334 e. The first-order valence-electron chi connectivity index (χ1n) is 4.25. The van der Waals surface area contributed by atoms with Gasteiger partial charge in [0.25, 0.3) is 0 Å². The Bertz CT molecular complexity index is 294. The monoisotopic (exact) mass is 182 g/mol. The van der Waals surface area contributed by atoms with Crippen molar-refractivity contribution in [1.82, 2.24) is 0 Å². The Morgan fingerprint density at radius 2 is 2.08 bits per heavy atom. The van der Waals surface area contributed by atoms with Crippen molar-refractivity contribution >= 4 is 11.9 Å². The quantitative estimate of drug-likeness (QED) is 0.435. The van der Waals surface area contributed by atoms with Gasteiger partial charge in [0.15, 0.2) is 6.10 Å². The summed E-state index contributed by atoms with van der Waals surface area (Å²) in [7, 11) is 0. The molecule has 2 saturated heterocycles. The number of carbonyl (C=O) groups is 2. The summed E-state index contributed by atoms with van der Waals surface area (Å²) in [5, 5.41) is 0. The molecule has 4 nitrogen and oxygen atoms in total. The summed E-state index contributed by atoms with van der Waals surface area (Å²) in [5.41, 5.74) is 0.228. The molecule has 0 aromatic rings. The second kappa shape index (κ2) is 2.58. The molecule has 0 aromatic carbocycles. The molecule has 0 aliphatic carbocycles. The van der Waals surface area contributed by atoms with Crippen LogP contribution in [-0.2, 0) is 19.1 Å². The summed E-state index contributed by atoms with van der Waals surface area (Å²) < 4.78 is 10.0. The minimum Gasteiger partial charge on any atom is -0.458 e. The van der Waals surface area contributed by atoms with Crippen LogP contribution in [0.2, 0.25) is 0 Å². The van der Waals surface area contributed by atoms with Crippen LogP contribution >= 0.6 is 0 Å². The molecule has 2 rings (SSSR count). The van der Waals surface area contributed by atoms with E-state index in [9.17, 15) is 9.59 Å². The Morgan fingerprint density at radius 3 is 2.69 bits per heavy atom. The van der Waals surface area contributed by atoms with E-state index in [0.29, 0.717) is 6.42 Å². The van der Waals surface area contributed by atoms with Crippen LogP contribution in [0.4, 0.5) is 0 Å². The highest BCUT2D eigenvalue weighted by Gasteiger charge is 2.54. The summed E-state index contributed by atoms with van der Waals surface area (Å²) in [6.45, 7) is 5.41. The number of hydrogen-bond donors (Lipinski definition) is 0. The highest BCUT2D eigenvalue weighted by atomic mass is 16.6. The lowest BCUT2D eigenvalue weighted by Crippen LogP contribution is -2.24. The zero-order valence-electron chi connectivity index (χ0n) is 7.28. The second-order valence-electron chi connectivity index (χ2n) is 3.26. The topological polar surface area (TPSA) is 52.6 Å². The van der Waals surface area contributed by atoms with Crippen LogP contribution in [0.1, 0.15) is 13.3 Å². The molecule has 3 atom stereocenters. The average Bonchev–Trinajstić information content (AvgIpc) is 2.54. The van der Waals surface area contributed by atoms with Gasteiger partial charge in [-0.15, -0.1) is 0 Å². The van der Waals surface area contributed by atoms with Crippen molar-refractivity contribution in [2.24, 2.45) is 5.92 Å². The van der Waals surface area contributed by atoms with Gasteiger partial charge in [-0.3, -0.25) is 4.79 Å². The van der Waals surface area contributed by atoms with Gasteiger partial charge in [0.1, 0.15) is 12.0 Å². The first kappa shape index (κ1) is 8.29. The highest BCUT2D eigenvalue weighted by molar-refractivity contribution is 5.99. The van der Waals surface area contributed by atoms with Crippen LogP contribution in [0, 0.1) is 5.92 Å². The molecule has 2 aliphatic heterocycles. The minimum atomic E-state index is -0.558. The number of ether oxygens (including phenoxy) is 2. The Balaban J connectivity index is 2.30. The van der Waals surface area contributed by atoms with Crippen molar-refractivity contribution in [1.29, 1.82) is 0 Å². The summed E-state index contributed by atoms with van der Waals surface area (Å²) in [4.78, 5) is 22.3. The van der Waals surface area contributed by atoms with Gasteiger partial charge in [-0.1, -0.05) is 13.5 Å². The van der Waals surface area contributed by atoms with Crippen molar-refractivity contribution in [3.05, 3.63) is 12.2 Å². The maximum atomic E-state index is 11.3. The third-order valence-corrected chi connectivity index (χ3v) is 2.50. The third kappa shape index (κ3) is 0.978. The number of esters is 2. The van der Waals surface area contributed by atoms with E-state index in [4.69, 9.17) is 9.47 Å². The van der Waals surface area contributed by atoms with Gasteiger partial charge in [-0.25, -0.2) is 4.79 Å². The molecule has 2 aliphatic rings. The van der Waals surface area contributed by atoms with Crippen molar-refractivity contribution < 1.29 is 19.1 Å². The van der Waals surface area contributed by atoms with E-state index < -0.39 is 18.0 Å². The van der Waals surface area contributed by atoms with Crippen molar-refractivity contribution in [3.8, 4) is 0 Å². The summed E-state index contributed by atoms with van der Waals surface area (Å²) in [5.74, 6) is -1.41. The van der Waals surface area contributed by atoms with Gasteiger partial charge in [0.2, 0.25) is 0 Å². The normalized spacial score (nSPS) is 37.3. The fraction of sp³-hybridized carbons (Fsp3) is 0.556. The highest BCUT2D eigenvalue weighted by Crippen LogP contribution is 2.37. The van der Waals surface area contributed by atoms with E-state index in [1.165, 1.54) is 0 Å². The predicted octanol–water partition coefficient (Wildman–Crippen LogP) is 0.420. The van der Waals surface area contributed by atoms with Gasteiger partial charge in [0, 0.05) is 5.57 Å². The number of rotatable bonds is 1. The average molecular weight is 182 g/mol. The fourth-order valence-electron chi connectivity index (χ4n) is 1.76. The molecule has 4 heteroatoms. The minimum absolute atomic E-state index is 0.228. The first-order chi connectivity index (χ1) is 6.15. The SMILES string of the molecule is C=C1C(=O)O[C@H]2[C@@H]1C(=O)O[C@H]2CC. The molecule has 0 amide bonds. The van der Waals surface area contributed by atoms with E-state index in [1.807, 2.05) is 6.92 Å². The number of hydrogen-bond acceptors (Lipinski definition) is 4. The van der Waals surface area contributed by atoms with E-state index in [2.05, 4.69) is 6.58 Å². The van der Waals surface area contributed by atoms with E-state index >= 15 is 0 Å². The molecule has 2 heterocycles. The molecular formula is C9H10O4. The van der Waals surface area contributed by atoms with E-state index in [1.54, 1.807) is 0 Å². The molecule has 0 aromatic heterocycles. The van der Waals surface area contributed by atoms with Crippen LogP contribution in [0.15, 0.2) is 12.2 Å². The lowest BCUT2D eigenvalue weighted by Gasteiger charge is -2.11. The van der Waals surface area contributed by atoms with Gasteiger partial charge >= 0.3 is 11.9 Å². The molecule has 0 saturated carbocycles. The van der Waals surface area contributed by atoms with Crippen LogP contribution < -0.4 is 0 Å². The lowest BCUT2D eigenvalue weighted by molar-refractivity contribution is -0.149. The smallest absolute Gasteiger partial charge is 0.334 e. The van der Waals surface area contributed by atoms with Gasteiger partial charge in [-0.2, -0.15) is 0 Å². The standard InChI is InChI=1S/C9H10O4/c1-3-5-7-6(9(11)12-5)4(2)8(10)13-7/h5-7H,2-3H2,1H3/t5-,6+,7+/m0/s1. The summed E-state index contributed by atoms with van der Waals surface area (Å²) >= 11 is 0. The Hall–Kier alpha value is -1.32. The van der Waals surface area contributed by atoms with Gasteiger partial charge in [0.05, 0.1) is 0 Å². The summed E-state index contributed by atoms with van der Waals surface area (Å²) in [6.07, 6.45) is -0.0637. The molecule has 0 N–H and O–H groups in total. The molecule has 70 valence electrons. The van der Waals surface area contributed by atoms with Crippen LogP contribution in [0.3, 0.4) is 0 Å². The van der Waals surface area contributed by atoms with Crippen molar-refractivity contribution in [2.45, 2.75) is 25.6 Å². The maximum absolute atomic E-state index is 11.3. The molecule has 2 fully saturated rings. The van der Waals surface area contributed by atoms with E-state index in [-0.39, 0.29) is 17.6 Å². The zero-order valence-corrected chi connectivity index (χ0v) is 7.28. The summed E-state index contributed by atoms with van der Waals surface area (Å²) in [6, 6.07) is 0. The van der Waals surface area contributed by atoms with Crippen LogP contribution in [0.25, 0.3) is 0 Å². The molecule has 0 bridgehead atoms. The number of fused-ring (bicyclic) bond motifs is 1. The van der Waals surface area contributed by atoms with Gasteiger partial charge < -0.3 is 9.47 Å². The largest absolute Gasteiger partial charge is 0.458 e. The Morgan fingerprint density at radius 1 is 1.38 bits per heavy atom. The molecule has 0 spiro atoms. The van der Waals surface area contributed by atoms with Gasteiger partial charge in [-0.05, 0) is 6.42 Å². The number of cyclic esters (lactones) is 1. The number of carbonyl (C=O) groups excluding carboxylic acids is 2. The fourth-order valence-corrected chi connectivity index (χ4v) is 1.76. The Labute approximate surface area is 75.5 Å². The second-order valence-corrected chi connectivity index (χ2v) is 3.26. The van der Waals surface area contributed by atoms with E-state index in [0.717, 1.165) is 0 Å². The zero-order chi connectivity index (χ0) is 9.59. The van der Waals surface area contributed by atoms with Crippen LogP contribution in [-0.4, -0.2) is 24.1 Å². The molecule has 0 radical (unpaired) electrons.